The third kappa shape index (κ3) is 8.72. The number of nitrogens with zero attached hydrogens (tertiary/aromatic N) is 9. The fraction of sp³-hybridized carbons (Fsp3) is 0.408. The van der Waals surface area contributed by atoms with Crippen LogP contribution in [0.2, 0.25) is 0 Å². The van der Waals surface area contributed by atoms with Crippen LogP contribution in [-0.4, -0.2) is 115 Å². The maximum absolute atomic E-state index is 15.2. The van der Waals surface area contributed by atoms with Crippen molar-refractivity contribution in [3.63, 3.8) is 0 Å². The van der Waals surface area contributed by atoms with E-state index in [0.717, 1.165) is 67.2 Å². The van der Waals surface area contributed by atoms with Gasteiger partial charge in [-0.15, -0.1) is 0 Å². The summed E-state index contributed by atoms with van der Waals surface area (Å²) in [6, 6.07) is 17.4. The van der Waals surface area contributed by atoms with Gasteiger partial charge >= 0.3 is 0 Å². The van der Waals surface area contributed by atoms with Gasteiger partial charge in [0, 0.05) is 92.8 Å². The highest BCUT2D eigenvalue weighted by Gasteiger charge is 2.34. The van der Waals surface area contributed by atoms with Crippen LogP contribution in [0.15, 0.2) is 78.8 Å². The predicted octanol–water partition coefficient (Wildman–Crippen LogP) is 5.42. The number of aromatic nitrogens is 5. The molecule has 1 aromatic carbocycles. The summed E-state index contributed by atoms with van der Waals surface area (Å²) in [6.07, 6.45) is 10.3. The average Bonchev–Trinajstić information content (AvgIpc) is 3.89. The van der Waals surface area contributed by atoms with Gasteiger partial charge in [0.15, 0.2) is 11.6 Å². The van der Waals surface area contributed by atoms with Crippen molar-refractivity contribution in [2.75, 3.05) is 61.8 Å². The van der Waals surface area contributed by atoms with E-state index in [0.29, 0.717) is 74.7 Å². The predicted molar refractivity (Wildman–Crippen MR) is 246 cm³/mol. The van der Waals surface area contributed by atoms with Crippen LogP contribution in [0.5, 0.6) is 0 Å². The molecule has 5 aromatic rings. The molecular weight excluding hydrogens is 824 g/mol. The van der Waals surface area contributed by atoms with Gasteiger partial charge in [0.25, 0.3) is 5.91 Å². The van der Waals surface area contributed by atoms with E-state index in [1.165, 1.54) is 29.0 Å². The van der Waals surface area contributed by atoms with Gasteiger partial charge in [0.2, 0.25) is 11.8 Å². The lowest BCUT2D eigenvalue weighted by atomic mass is 9.87. The Morgan fingerprint density at radius 2 is 1.72 bits per heavy atom. The molecule has 65 heavy (non-hydrogen) atoms. The number of piperidine rings is 2. The van der Waals surface area contributed by atoms with Gasteiger partial charge in [-0.05, 0) is 98.3 Å². The third-order valence-electron chi connectivity index (χ3n) is 14.1. The maximum Gasteiger partial charge on any atom is 0.254 e. The molecule has 3 amide bonds. The molecule has 15 nitrogen and oxygen atoms in total. The zero-order valence-electron chi connectivity index (χ0n) is 36.9. The number of piperazine rings is 1. The molecule has 3 atom stereocenters. The van der Waals surface area contributed by atoms with Crippen molar-refractivity contribution < 1.29 is 18.8 Å². The zero-order chi connectivity index (χ0) is 44.8. The molecule has 3 fully saturated rings. The Labute approximate surface area is 377 Å². The first-order valence-electron chi connectivity index (χ1n) is 22.9. The number of rotatable bonds is 10. The molecule has 1 aliphatic carbocycles. The number of nitrogen functional groups attached to an aromatic ring is 1. The van der Waals surface area contributed by atoms with Gasteiger partial charge in [0.1, 0.15) is 11.9 Å². The Balaban J connectivity index is 0.692. The summed E-state index contributed by atoms with van der Waals surface area (Å²) in [4.78, 5) is 59.7. The van der Waals surface area contributed by atoms with Gasteiger partial charge in [0.05, 0.1) is 42.1 Å². The van der Waals surface area contributed by atoms with Crippen LogP contribution in [0.25, 0.3) is 17.2 Å². The number of nitrogens with two attached hydrogens (primary N) is 1. The number of carbonyl (C=O) groups excluding carboxylic acids is 3. The number of amides is 3. The van der Waals surface area contributed by atoms with Crippen LogP contribution < -0.4 is 21.3 Å². The number of halogens is 1. The normalized spacial score (nSPS) is 21.1. The second-order valence-corrected chi connectivity index (χ2v) is 18.1. The molecule has 0 bridgehead atoms. The summed E-state index contributed by atoms with van der Waals surface area (Å²) >= 11 is 0. The van der Waals surface area contributed by atoms with Crippen LogP contribution >= 0.6 is 0 Å². The standard InChI is InChI=1S/C49H55FN12O3/c1-30-40(25-41-39(11-14-52-46(30)41)35-7-9-44(51)53-26-35)31(2)59-15-12-33(13-16-59)32-3-5-34(6-4-32)49(65)61-21-22-62-38(29-61)23-37(57-62)28-58-17-19-60(20-18-58)47-42(50)24-36(27-54-47)55-43-8-10-45(63)56-48(43)64/h3-7,9,11,14,23-27,30-31,33,43,55H,8,10,12-13,15-22,28-29H2,1-2H3,(H2,51,53)(H,56,63,64)/t30?,31-,43?/m0/s1. The van der Waals surface area contributed by atoms with Crippen molar-refractivity contribution in [1.29, 1.82) is 0 Å². The van der Waals surface area contributed by atoms with Gasteiger partial charge in [-0.3, -0.25) is 39.2 Å². The first-order chi connectivity index (χ1) is 31.5. The molecule has 336 valence electrons. The molecule has 0 spiro atoms. The molecule has 8 heterocycles. The molecule has 4 aliphatic heterocycles. The largest absolute Gasteiger partial charge is 0.384 e. The molecule has 4 N–H and O–H groups in total. The van der Waals surface area contributed by atoms with Gasteiger partial charge in [-0.1, -0.05) is 25.1 Å². The SMILES string of the molecule is CC1C([C@H](C)N2CCC(c3ccc(C(=O)N4CCn5nc(CN6CCN(c7ncc(NC8CCC(=O)NC8=O)cc7F)CC6)cc5C4)cc3)CC2)=Cc2c(-c3ccc(N)nc3)ccnc21. The lowest BCUT2D eigenvalue weighted by Gasteiger charge is -2.37. The van der Waals surface area contributed by atoms with E-state index in [2.05, 4.69) is 74.6 Å². The number of benzene rings is 1. The number of hydrogen-bond donors (Lipinski definition) is 3. The Morgan fingerprint density at radius 3 is 2.46 bits per heavy atom. The van der Waals surface area contributed by atoms with Crippen LogP contribution in [0, 0.1) is 5.82 Å². The minimum absolute atomic E-state index is 0.0382. The number of hydrogen-bond acceptors (Lipinski definition) is 12. The molecule has 0 radical (unpaired) electrons. The highest BCUT2D eigenvalue weighted by molar-refractivity contribution is 6.01. The Kier molecular flexibility index (Phi) is 11.6. The number of pyridine rings is 3. The van der Waals surface area contributed by atoms with Crippen LogP contribution in [0.4, 0.5) is 21.7 Å². The van der Waals surface area contributed by atoms with E-state index < -0.39 is 17.8 Å². The monoisotopic (exact) mass is 878 g/mol. The Morgan fingerprint density at radius 1 is 0.923 bits per heavy atom. The number of carbonyl (C=O) groups is 3. The molecule has 4 aromatic heterocycles. The molecule has 3 saturated heterocycles. The molecule has 10 rings (SSSR count). The van der Waals surface area contributed by atoms with Crippen molar-refractivity contribution in [2.45, 2.75) is 83.1 Å². The molecule has 5 aliphatic rings. The van der Waals surface area contributed by atoms with Crippen molar-refractivity contribution >= 4 is 41.1 Å². The van der Waals surface area contributed by atoms with E-state index >= 15 is 4.39 Å². The molecular formula is C49H55FN12O3. The average molecular weight is 879 g/mol. The van der Waals surface area contributed by atoms with Crippen molar-refractivity contribution in [3.05, 3.63) is 118 Å². The number of likely N-dealkylation sites (tertiary alicyclic amines) is 1. The van der Waals surface area contributed by atoms with Crippen molar-refractivity contribution in [1.82, 2.24) is 44.7 Å². The van der Waals surface area contributed by atoms with Gasteiger partial charge < -0.3 is 20.9 Å². The number of nitrogens with one attached hydrogen (secondary N) is 2. The lowest BCUT2D eigenvalue weighted by Crippen LogP contribution is -2.47. The highest BCUT2D eigenvalue weighted by atomic mass is 19.1. The van der Waals surface area contributed by atoms with Crippen molar-refractivity contribution in [3.8, 4) is 11.1 Å². The third-order valence-corrected chi connectivity index (χ3v) is 14.1. The quantitative estimate of drug-likeness (QED) is 0.153. The molecule has 2 unspecified atom stereocenters. The van der Waals surface area contributed by atoms with Crippen LogP contribution in [-0.2, 0) is 29.2 Å². The summed E-state index contributed by atoms with van der Waals surface area (Å²) in [5.74, 6) is 0.350. The fourth-order valence-corrected chi connectivity index (χ4v) is 10.3. The summed E-state index contributed by atoms with van der Waals surface area (Å²) < 4.78 is 17.2. The number of fused-ring (bicyclic) bond motifs is 2. The van der Waals surface area contributed by atoms with Crippen LogP contribution in [0.3, 0.4) is 0 Å². The van der Waals surface area contributed by atoms with Gasteiger partial charge in [-0.25, -0.2) is 14.4 Å². The smallest absolute Gasteiger partial charge is 0.254 e. The fourth-order valence-electron chi connectivity index (χ4n) is 10.3. The summed E-state index contributed by atoms with van der Waals surface area (Å²) in [5, 5.41) is 10.2. The zero-order valence-corrected chi connectivity index (χ0v) is 36.9. The second kappa shape index (κ2) is 17.8. The van der Waals surface area contributed by atoms with Crippen molar-refractivity contribution in [2.24, 2.45) is 0 Å². The number of anilines is 3. The van der Waals surface area contributed by atoms with Gasteiger partial charge in [-0.2, -0.15) is 5.10 Å². The molecule has 16 heteroatoms. The Hall–Kier alpha value is -6.52. The summed E-state index contributed by atoms with van der Waals surface area (Å²) in [5.41, 5.74) is 16.1. The Bertz CT molecular complexity index is 2630. The van der Waals surface area contributed by atoms with E-state index in [9.17, 15) is 14.4 Å². The van der Waals surface area contributed by atoms with E-state index in [-0.39, 0.29) is 30.0 Å². The number of imide groups is 1. The summed E-state index contributed by atoms with van der Waals surface area (Å²) in [6.45, 7) is 11.7. The topological polar surface area (TPSA) is 171 Å². The second-order valence-electron chi connectivity index (χ2n) is 18.1. The maximum atomic E-state index is 15.2. The minimum Gasteiger partial charge on any atom is -0.384 e. The lowest BCUT2D eigenvalue weighted by molar-refractivity contribution is -0.133. The van der Waals surface area contributed by atoms with Crippen LogP contribution in [0.1, 0.15) is 89.9 Å². The summed E-state index contributed by atoms with van der Waals surface area (Å²) in [7, 11) is 0. The first-order valence-corrected chi connectivity index (χ1v) is 22.9. The first kappa shape index (κ1) is 42.4. The van der Waals surface area contributed by atoms with E-state index in [4.69, 9.17) is 15.8 Å². The molecule has 0 saturated carbocycles. The van der Waals surface area contributed by atoms with E-state index in [1.807, 2.05) is 51.1 Å². The highest BCUT2D eigenvalue weighted by Crippen LogP contribution is 2.43. The van der Waals surface area contributed by atoms with E-state index in [1.54, 1.807) is 0 Å². The minimum atomic E-state index is -0.604.